The van der Waals surface area contributed by atoms with E-state index < -0.39 is 0 Å². The maximum atomic E-state index is 14.0. The molecule has 6 nitrogen and oxygen atoms in total. The van der Waals surface area contributed by atoms with Crippen molar-refractivity contribution in [1.82, 2.24) is 9.55 Å². The van der Waals surface area contributed by atoms with E-state index in [1.807, 2.05) is 63.2 Å². The van der Waals surface area contributed by atoms with Gasteiger partial charge in [-0.25, -0.2) is 4.98 Å². The van der Waals surface area contributed by atoms with Gasteiger partial charge >= 0.3 is 0 Å². The molecule has 35 heavy (non-hydrogen) atoms. The van der Waals surface area contributed by atoms with Gasteiger partial charge in [-0.05, 0) is 50.6 Å². The van der Waals surface area contributed by atoms with Gasteiger partial charge in [-0.3, -0.25) is 14.2 Å². The Morgan fingerprint density at radius 2 is 1.91 bits per heavy atom. The molecule has 8 heteroatoms. The van der Waals surface area contributed by atoms with Gasteiger partial charge in [0.15, 0.2) is 10.9 Å². The van der Waals surface area contributed by atoms with E-state index in [0.717, 1.165) is 16.2 Å². The van der Waals surface area contributed by atoms with Crippen LogP contribution in [-0.4, -0.2) is 33.3 Å². The molecule has 0 amide bonds. The molecule has 4 aromatic rings. The molecule has 5 rings (SSSR count). The summed E-state index contributed by atoms with van der Waals surface area (Å²) in [5.41, 5.74) is 1.89. The van der Waals surface area contributed by atoms with Crippen LogP contribution >= 0.6 is 23.1 Å². The van der Waals surface area contributed by atoms with Crippen molar-refractivity contribution in [1.29, 1.82) is 0 Å². The Bertz CT molecular complexity index is 1440. The van der Waals surface area contributed by atoms with Gasteiger partial charge in [-0.2, -0.15) is 0 Å². The number of ether oxygens (including phenoxy) is 2. The van der Waals surface area contributed by atoms with Crippen LogP contribution in [0.2, 0.25) is 0 Å². The summed E-state index contributed by atoms with van der Waals surface area (Å²) in [7, 11) is 0. The van der Waals surface area contributed by atoms with Crippen LogP contribution in [0.25, 0.3) is 15.9 Å². The van der Waals surface area contributed by atoms with Crippen LogP contribution in [0.15, 0.2) is 64.5 Å². The Hall–Kier alpha value is -2.94. The molecule has 3 heterocycles. The predicted molar refractivity (Wildman–Crippen MR) is 140 cm³/mol. The fraction of sp³-hybridized carbons (Fsp3) is 0.296. The predicted octanol–water partition coefficient (Wildman–Crippen LogP) is 5.67. The summed E-state index contributed by atoms with van der Waals surface area (Å²) < 4.78 is 13.2. The number of hydrogen-bond donors (Lipinski definition) is 0. The lowest BCUT2D eigenvalue weighted by atomic mass is 9.94. The van der Waals surface area contributed by atoms with Crippen LogP contribution in [0.5, 0.6) is 5.75 Å². The Morgan fingerprint density at radius 3 is 2.63 bits per heavy atom. The molecule has 180 valence electrons. The Balaban J connectivity index is 1.61. The zero-order valence-electron chi connectivity index (χ0n) is 19.9. The number of thioether (sulfide) groups is 1. The van der Waals surface area contributed by atoms with Gasteiger partial charge in [0.1, 0.15) is 10.6 Å². The number of Topliss-reactive ketones (excluding diaryl/α,β-unsaturated/α-hetero) is 1. The molecule has 0 bridgehead atoms. The minimum absolute atomic E-state index is 0.0104. The summed E-state index contributed by atoms with van der Waals surface area (Å²) in [6, 6.07) is 16.6. The number of carbonyl (C=O) groups excluding carboxylic acids is 1. The first-order valence-electron chi connectivity index (χ1n) is 11.5. The van der Waals surface area contributed by atoms with E-state index in [0.29, 0.717) is 46.3 Å². The van der Waals surface area contributed by atoms with Crippen molar-refractivity contribution in [3.8, 4) is 11.4 Å². The third kappa shape index (κ3) is 4.78. The third-order valence-corrected chi connectivity index (χ3v) is 7.95. The van der Waals surface area contributed by atoms with Crippen molar-refractivity contribution in [3.05, 3.63) is 81.0 Å². The average molecular weight is 507 g/mol. The Labute approximate surface area is 211 Å². The molecule has 0 aliphatic carbocycles. The summed E-state index contributed by atoms with van der Waals surface area (Å²) in [4.78, 5) is 33.4. The molecule has 0 unspecified atom stereocenters. The van der Waals surface area contributed by atoms with Crippen molar-refractivity contribution >= 4 is 39.1 Å². The number of fused-ring (bicyclic) bond motifs is 3. The van der Waals surface area contributed by atoms with Gasteiger partial charge in [0.2, 0.25) is 0 Å². The molecular weight excluding hydrogens is 480 g/mol. The molecule has 1 aliphatic heterocycles. The van der Waals surface area contributed by atoms with E-state index in [2.05, 4.69) is 0 Å². The van der Waals surface area contributed by atoms with Crippen molar-refractivity contribution in [2.45, 2.75) is 44.6 Å². The second-order valence-corrected chi connectivity index (χ2v) is 11.0. The first-order valence-corrected chi connectivity index (χ1v) is 13.3. The van der Waals surface area contributed by atoms with E-state index in [1.165, 1.54) is 23.1 Å². The summed E-state index contributed by atoms with van der Waals surface area (Å²) in [6.07, 6.45) is 0.654. The monoisotopic (exact) mass is 506 g/mol. The highest BCUT2D eigenvalue weighted by Gasteiger charge is 2.31. The van der Waals surface area contributed by atoms with E-state index in [4.69, 9.17) is 14.5 Å². The zero-order chi connectivity index (χ0) is 24.6. The second kappa shape index (κ2) is 9.60. The molecule has 0 fully saturated rings. The maximum Gasteiger partial charge on any atom is 0.267 e. The fourth-order valence-electron chi connectivity index (χ4n) is 4.19. The highest BCUT2D eigenvalue weighted by atomic mass is 32.2. The SMILES string of the molecule is CCOc1ccc(-n2c(SCC(=O)c3ccccc3)nc3sc4c(c3c2=O)CC(C)(C)OC4)cc1. The first-order chi connectivity index (χ1) is 16.9. The van der Waals surface area contributed by atoms with Crippen LogP contribution in [0.4, 0.5) is 0 Å². The molecular formula is C27H26N2O4S2. The van der Waals surface area contributed by atoms with Crippen LogP contribution in [0, 0.1) is 0 Å². The second-order valence-electron chi connectivity index (χ2n) is 8.95. The van der Waals surface area contributed by atoms with E-state index >= 15 is 0 Å². The smallest absolute Gasteiger partial charge is 0.267 e. The van der Waals surface area contributed by atoms with Crippen LogP contribution in [0.3, 0.4) is 0 Å². The molecule has 2 aromatic heterocycles. The minimum Gasteiger partial charge on any atom is -0.494 e. The number of rotatable bonds is 7. The fourth-order valence-corrected chi connectivity index (χ4v) is 6.25. The van der Waals surface area contributed by atoms with Crippen LogP contribution < -0.4 is 10.3 Å². The van der Waals surface area contributed by atoms with Crippen molar-refractivity contribution < 1.29 is 14.3 Å². The molecule has 2 aromatic carbocycles. The molecule has 0 N–H and O–H groups in total. The lowest BCUT2D eigenvalue weighted by molar-refractivity contribution is -0.0379. The number of nitrogens with zero attached hydrogens (tertiary/aromatic N) is 2. The van der Waals surface area contributed by atoms with Gasteiger partial charge in [0, 0.05) is 16.9 Å². The molecule has 1 aliphatic rings. The van der Waals surface area contributed by atoms with Gasteiger partial charge in [-0.1, -0.05) is 42.1 Å². The van der Waals surface area contributed by atoms with Crippen molar-refractivity contribution in [3.63, 3.8) is 0 Å². The number of aromatic nitrogens is 2. The normalized spacial score (nSPS) is 14.6. The zero-order valence-corrected chi connectivity index (χ0v) is 21.5. The van der Waals surface area contributed by atoms with Gasteiger partial charge in [0.05, 0.1) is 35.6 Å². The average Bonchev–Trinajstić information content (AvgIpc) is 3.20. The van der Waals surface area contributed by atoms with Crippen molar-refractivity contribution in [2.24, 2.45) is 0 Å². The highest BCUT2D eigenvalue weighted by molar-refractivity contribution is 7.99. The quantitative estimate of drug-likeness (QED) is 0.183. The number of carbonyl (C=O) groups is 1. The lowest BCUT2D eigenvalue weighted by Gasteiger charge is -2.29. The number of thiophene rings is 1. The lowest BCUT2D eigenvalue weighted by Crippen LogP contribution is -2.32. The standard InChI is InChI=1S/C27H26N2O4S2/c1-4-32-19-12-10-18(11-13-19)29-25(31)23-20-14-27(2,3)33-15-22(20)35-24(23)28-26(29)34-16-21(30)17-8-6-5-7-9-17/h5-13H,4,14-16H2,1-3H3. The minimum atomic E-state index is -0.340. The number of benzene rings is 2. The largest absolute Gasteiger partial charge is 0.494 e. The molecule has 0 saturated heterocycles. The highest BCUT2D eigenvalue weighted by Crippen LogP contribution is 2.38. The number of hydrogen-bond acceptors (Lipinski definition) is 7. The summed E-state index contributed by atoms with van der Waals surface area (Å²) in [6.45, 7) is 7.05. The summed E-state index contributed by atoms with van der Waals surface area (Å²) in [5.74, 6) is 0.905. The van der Waals surface area contributed by atoms with Gasteiger partial charge in [0.25, 0.3) is 5.56 Å². The van der Waals surface area contributed by atoms with Crippen molar-refractivity contribution in [2.75, 3.05) is 12.4 Å². The molecule has 0 spiro atoms. The van der Waals surface area contributed by atoms with Crippen LogP contribution in [-0.2, 0) is 17.8 Å². The van der Waals surface area contributed by atoms with E-state index in [9.17, 15) is 9.59 Å². The van der Waals surface area contributed by atoms with Gasteiger partial charge < -0.3 is 9.47 Å². The van der Waals surface area contributed by atoms with E-state index in [1.54, 1.807) is 16.7 Å². The summed E-state index contributed by atoms with van der Waals surface area (Å²) >= 11 is 2.79. The topological polar surface area (TPSA) is 70.4 Å². The summed E-state index contributed by atoms with van der Waals surface area (Å²) in [5, 5.41) is 1.14. The maximum absolute atomic E-state index is 14.0. The van der Waals surface area contributed by atoms with E-state index in [-0.39, 0.29) is 22.7 Å². The third-order valence-electron chi connectivity index (χ3n) is 5.91. The first kappa shape index (κ1) is 23.8. The Kier molecular flexibility index (Phi) is 6.53. The Morgan fingerprint density at radius 1 is 1.17 bits per heavy atom. The van der Waals surface area contributed by atoms with Gasteiger partial charge in [-0.15, -0.1) is 11.3 Å². The number of ketones is 1. The van der Waals surface area contributed by atoms with Crippen LogP contribution in [0.1, 0.15) is 41.6 Å². The molecule has 0 radical (unpaired) electrons. The molecule has 0 atom stereocenters. The molecule has 0 saturated carbocycles.